The van der Waals surface area contributed by atoms with Crippen molar-refractivity contribution in [2.45, 2.75) is 37.4 Å². The lowest BCUT2D eigenvalue weighted by atomic mass is 10.1. The molecule has 1 aromatic rings. The van der Waals surface area contributed by atoms with Crippen molar-refractivity contribution in [3.63, 3.8) is 0 Å². The molecule has 3 N–H and O–H groups in total. The van der Waals surface area contributed by atoms with Gasteiger partial charge in [0.2, 0.25) is 0 Å². The lowest BCUT2D eigenvalue weighted by molar-refractivity contribution is 0.213. The third-order valence-corrected chi connectivity index (χ3v) is 4.16. The molecule has 0 heterocycles. The van der Waals surface area contributed by atoms with E-state index in [0.29, 0.717) is 6.04 Å². The summed E-state index contributed by atoms with van der Waals surface area (Å²) in [5.41, 5.74) is 0.910. The van der Waals surface area contributed by atoms with E-state index in [1.54, 1.807) is 0 Å². The molecule has 0 radical (unpaired) electrons. The van der Waals surface area contributed by atoms with E-state index in [1.165, 1.54) is 0 Å². The Morgan fingerprint density at radius 1 is 1.33 bits per heavy atom. The summed E-state index contributed by atoms with van der Waals surface area (Å²) in [7, 11) is 4.15. The van der Waals surface area contributed by atoms with Gasteiger partial charge in [0.25, 0.3) is 0 Å². The molecule has 1 saturated carbocycles. The zero-order valence-corrected chi connectivity index (χ0v) is 12.7. The highest BCUT2D eigenvalue weighted by Gasteiger charge is 2.27. The largest absolute Gasteiger partial charge is 0.394 e. The summed E-state index contributed by atoms with van der Waals surface area (Å²) >= 11 is 0. The number of nitrogens with one attached hydrogen (secondary N) is 2. The zero-order valence-electron chi connectivity index (χ0n) is 12.7. The second kappa shape index (κ2) is 7.43. The third-order valence-electron chi connectivity index (χ3n) is 4.16. The zero-order chi connectivity index (χ0) is 15.2. The van der Waals surface area contributed by atoms with E-state index >= 15 is 0 Å². The van der Waals surface area contributed by atoms with Crippen molar-refractivity contribution in [3.8, 4) is 0 Å². The minimum absolute atomic E-state index is 0.109. The first-order valence-corrected chi connectivity index (χ1v) is 7.49. The van der Waals surface area contributed by atoms with Crippen molar-refractivity contribution < 1.29 is 9.90 Å². The molecule has 1 aromatic carbocycles. The summed E-state index contributed by atoms with van der Waals surface area (Å²) in [6, 6.07) is 9.70. The fourth-order valence-corrected chi connectivity index (χ4v) is 2.86. The molecule has 0 aliphatic heterocycles. The maximum atomic E-state index is 12.1. The first kappa shape index (κ1) is 15.8. The van der Waals surface area contributed by atoms with Crippen LogP contribution in [-0.4, -0.2) is 48.8 Å². The van der Waals surface area contributed by atoms with Crippen molar-refractivity contribution >= 4 is 6.03 Å². The van der Waals surface area contributed by atoms with Crippen LogP contribution in [0, 0.1) is 0 Å². The maximum absolute atomic E-state index is 12.1. The van der Waals surface area contributed by atoms with E-state index in [1.807, 2.05) is 30.3 Å². The maximum Gasteiger partial charge on any atom is 0.315 e. The summed E-state index contributed by atoms with van der Waals surface area (Å²) in [6.45, 7) is -0.109. The highest BCUT2D eigenvalue weighted by atomic mass is 16.3. The Bertz CT molecular complexity index is 450. The highest BCUT2D eigenvalue weighted by Crippen LogP contribution is 2.22. The van der Waals surface area contributed by atoms with Gasteiger partial charge in [-0.05, 0) is 38.9 Å². The normalized spacial score (nSPS) is 23.0. The molecule has 0 aromatic heterocycles. The number of hydrogen-bond donors (Lipinski definition) is 3. The first-order valence-electron chi connectivity index (χ1n) is 7.49. The lowest BCUT2D eigenvalue weighted by Gasteiger charge is -2.21. The standard InChI is InChI=1S/C16H25N3O2/c1-19(2)14-9-8-13(10-14)17-16(21)18-15(11-20)12-6-4-3-5-7-12/h3-7,13-15,20H,8-11H2,1-2H3,(H2,17,18,21)/t13-,14-,15+/m0/s1. The number of amides is 2. The van der Waals surface area contributed by atoms with Gasteiger partial charge in [0.1, 0.15) is 0 Å². The molecule has 21 heavy (non-hydrogen) atoms. The van der Waals surface area contributed by atoms with E-state index in [4.69, 9.17) is 0 Å². The van der Waals surface area contributed by atoms with Crippen molar-refractivity contribution in [1.29, 1.82) is 0 Å². The van der Waals surface area contributed by atoms with E-state index in [2.05, 4.69) is 29.6 Å². The number of carbonyl (C=O) groups excluding carboxylic acids is 1. The van der Waals surface area contributed by atoms with Crippen LogP contribution in [0.15, 0.2) is 30.3 Å². The monoisotopic (exact) mass is 291 g/mol. The minimum atomic E-state index is -0.364. The molecule has 116 valence electrons. The third kappa shape index (κ3) is 4.44. The topological polar surface area (TPSA) is 64.6 Å². The second-order valence-electron chi connectivity index (χ2n) is 5.89. The molecule has 5 nitrogen and oxygen atoms in total. The molecule has 0 spiro atoms. The Labute approximate surface area is 126 Å². The number of carbonyl (C=O) groups is 1. The van der Waals surface area contributed by atoms with Gasteiger partial charge in [-0.25, -0.2) is 4.79 Å². The molecule has 2 amide bonds. The van der Waals surface area contributed by atoms with Gasteiger partial charge in [-0.1, -0.05) is 30.3 Å². The molecular weight excluding hydrogens is 266 g/mol. The number of nitrogens with zero attached hydrogens (tertiary/aromatic N) is 1. The average molecular weight is 291 g/mol. The van der Waals surface area contributed by atoms with Crippen molar-refractivity contribution in [2.75, 3.05) is 20.7 Å². The van der Waals surface area contributed by atoms with E-state index in [9.17, 15) is 9.90 Å². The molecule has 1 aliphatic carbocycles. The molecule has 1 aliphatic rings. The fraction of sp³-hybridized carbons (Fsp3) is 0.562. The molecule has 3 atom stereocenters. The average Bonchev–Trinajstić information content (AvgIpc) is 2.94. The first-order chi connectivity index (χ1) is 10.1. The van der Waals surface area contributed by atoms with Gasteiger partial charge in [-0.3, -0.25) is 0 Å². The van der Waals surface area contributed by atoms with Crippen LogP contribution in [0.1, 0.15) is 30.9 Å². The minimum Gasteiger partial charge on any atom is -0.394 e. The molecule has 0 bridgehead atoms. The molecule has 0 saturated heterocycles. The molecule has 0 unspecified atom stereocenters. The van der Waals surface area contributed by atoms with Crippen LogP contribution in [0.4, 0.5) is 4.79 Å². The number of rotatable bonds is 5. The van der Waals surface area contributed by atoms with E-state index in [0.717, 1.165) is 24.8 Å². The van der Waals surface area contributed by atoms with Crippen LogP contribution >= 0.6 is 0 Å². The van der Waals surface area contributed by atoms with Gasteiger partial charge in [0.15, 0.2) is 0 Å². The molecule has 1 fully saturated rings. The van der Waals surface area contributed by atoms with Crippen LogP contribution in [0.5, 0.6) is 0 Å². The van der Waals surface area contributed by atoms with Crippen LogP contribution in [0.3, 0.4) is 0 Å². The highest BCUT2D eigenvalue weighted by molar-refractivity contribution is 5.74. The van der Waals surface area contributed by atoms with E-state index < -0.39 is 0 Å². The number of aliphatic hydroxyl groups excluding tert-OH is 1. The van der Waals surface area contributed by atoms with Crippen LogP contribution in [0.25, 0.3) is 0 Å². The molecule has 2 rings (SSSR count). The summed E-state index contributed by atoms with van der Waals surface area (Å²) in [5, 5.41) is 15.3. The van der Waals surface area contributed by atoms with Crippen LogP contribution < -0.4 is 10.6 Å². The predicted octanol–water partition coefficient (Wildman–Crippen LogP) is 1.50. The fourth-order valence-electron chi connectivity index (χ4n) is 2.86. The summed E-state index contributed by atoms with van der Waals surface area (Å²) < 4.78 is 0. The predicted molar refractivity (Wildman–Crippen MR) is 83.1 cm³/mol. The number of aliphatic hydroxyl groups is 1. The van der Waals surface area contributed by atoms with Crippen molar-refractivity contribution in [2.24, 2.45) is 0 Å². The number of hydrogen-bond acceptors (Lipinski definition) is 3. The van der Waals surface area contributed by atoms with Gasteiger partial charge in [0.05, 0.1) is 12.6 Å². The quantitative estimate of drug-likeness (QED) is 0.770. The van der Waals surface area contributed by atoms with E-state index in [-0.39, 0.29) is 24.7 Å². The smallest absolute Gasteiger partial charge is 0.315 e. The van der Waals surface area contributed by atoms with Crippen molar-refractivity contribution in [3.05, 3.63) is 35.9 Å². The van der Waals surface area contributed by atoms with Gasteiger partial charge in [-0.2, -0.15) is 0 Å². The van der Waals surface area contributed by atoms with Gasteiger partial charge >= 0.3 is 6.03 Å². The Kier molecular flexibility index (Phi) is 5.59. The van der Waals surface area contributed by atoms with Gasteiger partial charge in [0, 0.05) is 12.1 Å². The number of urea groups is 1. The summed E-state index contributed by atoms with van der Waals surface area (Å²) in [4.78, 5) is 14.3. The van der Waals surface area contributed by atoms with Crippen molar-refractivity contribution in [1.82, 2.24) is 15.5 Å². The Hall–Kier alpha value is -1.59. The lowest BCUT2D eigenvalue weighted by Crippen LogP contribution is -2.44. The Morgan fingerprint density at radius 3 is 2.62 bits per heavy atom. The number of benzene rings is 1. The molecule has 5 heteroatoms. The van der Waals surface area contributed by atoms with Crippen LogP contribution in [-0.2, 0) is 0 Å². The van der Waals surface area contributed by atoms with Gasteiger partial charge < -0.3 is 20.6 Å². The molecular formula is C16H25N3O2. The Balaban J connectivity index is 1.84. The summed E-state index contributed by atoms with van der Waals surface area (Å²) in [6.07, 6.45) is 3.10. The Morgan fingerprint density at radius 2 is 2.05 bits per heavy atom. The SMILES string of the molecule is CN(C)[C@H]1CC[C@H](NC(=O)N[C@H](CO)c2ccccc2)C1. The second-order valence-corrected chi connectivity index (χ2v) is 5.89. The van der Waals surface area contributed by atoms with Crippen LogP contribution in [0.2, 0.25) is 0 Å². The summed E-state index contributed by atoms with van der Waals surface area (Å²) in [5.74, 6) is 0. The van der Waals surface area contributed by atoms with Gasteiger partial charge in [-0.15, -0.1) is 0 Å².